The van der Waals surface area contributed by atoms with Crippen molar-refractivity contribution in [3.05, 3.63) is 28.2 Å². The minimum Gasteiger partial charge on any atom is -0.384 e. The molecule has 4 heteroatoms. The van der Waals surface area contributed by atoms with Gasteiger partial charge in [0.05, 0.1) is 5.69 Å². The topological polar surface area (TPSA) is 51.8 Å². The van der Waals surface area contributed by atoms with Gasteiger partial charge in [-0.15, -0.1) is 11.3 Å². The van der Waals surface area contributed by atoms with Crippen molar-refractivity contribution in [2.45, 2.75) is 20.3 Å². The zero-order chi connectivity index (χ0) is 10.8. The number of thiophene rings is 1. The van der Waals surface area contributed by atoms with Crippen LogP contribution in [0.2, 0.25) is 0 Å². The van der Waals surface area contributed by atoms with Gasteiger partial charge in [-0.3, -0.25) is 0 Å². The first-order chi connectivity index (χ1) is 7.19. The summed E-state index contributed by atoms with van der Waals surface area (Å²) in [6.45, 7) is 4.11. The summed E-state index contributed by atoms with van der Waals surface area (Å²) < 4.78 is 0. The zero-order valence-corrected chi connectivity index (χ0v) is 9.64. The van der Waals surface area contributed by atoms with E-state index < -0.39 is 0 Å². The molecule has 3 nitrogen and oxygen atoms in total. The smallest absolute Gasteiger partial charge is 0.131 e. The largest absolute Gasteiger partial charge is 0.384 e. The summed E-state index contributed by atoms with van der Waals surface area (Å²) in [7, 11) is 0. The van der Waals surface area contributed by atoms with Crippen LogP contribution in [0.1, 0.15) is 17.6 Å². The van der Waals surface area contributed by atoms with Crippen LogP contribution in [-0.4, -0.2) is 9.97 Å². The molecule has 2 rings (SSSR count). The Bertz CT molecular complexity index is 476. The van der Waals surface area contributed by atoms with Gasteiger partial charge in [-0.2, -0.15) is 0 Å². The maximum atomic E-state index is 5.73. The fraction of sp³-hybridized carbons (Fsp3) is 0.273. The van der Waals surface area contributed by atoms with E-state index in [0.29, 0.717) is 5.82 Å². The van der Waals surface area contributed by atoms with Crippen LogP contribution in [0, 0.1) is 6.92 Å². The van der Waals surface area contributed by atoms with Crippen LogP contribution < -0.4 is 5.73 Å². The molecule has 0 aromatic carbocycles. The van der Waals surface area contributed by atoms with Crippen molar-refractivity contribution in [1.82, 2.24) is 9.97 Å². The van der Waals surface area contributed by atoms with Gasteiger partial charge in [0, 0.05) is 28.3 Å². The summed E-state index contributed by atoms with van der Waals surface area (Å²) in [5.41, 5.74) is 7.78. The van der Waals surface area contributed by atoms with Gasteiger partial charge in [-0.05, 0) is 13.0 Å². The van der Waals surface area contributed by atoms with Crippen molar-refractivity contribution in [1.29, 1.82) is 0 Å². The van der Waals surface area contributed by atoms with Crippen molar-refractivity contribution >= 4 is 17.2 Å². The lowest BCUT2D eigenvalue weighted by atomic mass is 10.2. The second-order valence-electron chi connectivity index (χ2n) is 3.39. The molecule has 0 amide bonds. The average molecular weight is 219 g/mol. The SMILES string of the molecule is CCc1nc(N)cc(-c2csc(C)c2)n1. The van der Waals surface area contributed by atoms with Gasteiger partial charge in [0.25, 0.3) is 0 Å². The van der Waals surface area contributed by atoms with Crippen LogP contribution in [0.5, 0.6) is 0 Å². The molecule has 0 aliphatic rings. The lowest BCUT2D eigenvalue weighted by molar-refractivity contribution is 0.949. The minimum absolute atomic E-state index is 0.542. The van der Waals surface area contributed by atoms with E-state index in [1.807, 2.05) is 13.0 Å². The van der Waals surface area contributed by atoms with Crippen molar-refractivity contribution in [3.8, 4) is 11.3 Å². The number of nitrogen functional groups attached to an aromatic ring is 1. The maximum absolute atomic E-state index is 5.73. The average Bonchev–Trinajstić information content (AvgIpc) is 2.64. The van der Waals surface area contributed by atoms with E-state index in [0.717, 1.165) is 23.5 Å². The van der Waals surface area contributed by atoms with Crippen molar-refractivity contribution in [2.75, 3.05) is 5.73 Å². The highest BCUT2D eigenvalue weighted by atomic mass is 32.1. The van der Waals surface area contributed by atoms with Gasteiger partial charge in [0.15, 0.2) is 0 Å². The van der Waals surface area contributed by atoms with E-state index >= 15 is 0 Å². The molecule has 2 N–H and O–H groups in total. The van der Waals surface area contributed by atoms with Gasteiger partial charge in [0.1, 0.15) is 11.6 Å². The zero-order valence-electron chi connectivity index (χ0n) is 8.82. The minimum atomic E-state index is 0.542. The number of rotatable bonds is 2. The van der Waals surface area contributed by atoms with Crippen molar-refractivity contribution < 1.29 is 0 Å². The van der Waals surface area contributed by atoms with E-state index in [4.69, 9.17) is 5.73 Å². The molecule has 2 aromatic rings. The number of nitrogens with zero attached hydrogens (tertiary/aromatic N) is 2. The first-order valence-electron chi connectivity index (χ1n) is 4.88. The van der Waals surface area contributed by atoms with E-state index in [1.165, 1.54) is 4.88 Å². The Morgan fingerprint density at radius 3 is 2.73 bits per heavy atom. The lowest BCUT2D eigenvalue weighted by Crippen LogP contribution is -1.99. The van der Waals surface area contributed by atoms with E-state index in [-0.39, 0.29) is 0 Å². The molecule has 0 atom stereocenters. The number of hydrogen-bond acceptors (Lipinski definition) is 4. The number of anilines is 1. The van der Waals surface area contributed by atoms with E-state index in [9.17, 15) is 0 Å². The van der Waals surface area contributed by atoms with Crippen molar-refractivity contribution in [3.63, 3.8) is 0 Å². The first kappa shape index (κ1) is 10.1. The van der Waals surface area contributed by atoms with Crippen LogP contribution in [0.4, 0.5) is 5.82 Å². The van der Waals surface area contributed by atoms with Gasteiger partial charge in [-0.25, -0.2) is 9.97 Å². The van der Waals surface area contributed by atoms with Crippen LogP contribution in [0.3, 0.4) is 0 Å². The Labute approximate surface area is 93.0 Å². The first-order valence-corrected chi connectivity index (χ1v) is 5.76. The van der Waals surface area contributed by atoms with Gasteiger partial charge >= 0.3 is 0 Å². The normalized spacial score (nSPS) is 10.5. The Morgan fingerprint density at radius 2 is 2.13 bits per heavy atom. The Kier molecular flexibility index (Phi) is 2.68. The van der Waals surface area contributed by atoms with Gasteiger partial charge in [-0.1, -0.05) is 6.92 Å². The molecule has 0 radical (unpaired) electrons. The fourth-order valence-electron chi connectivity index (χ4n) is 1.40. The third-order valence-corrected chi connectivity index (χ3v) is 3.00. The fourth-order valence-corrected chi connectivity index (χ4v) is 2.10. The molecule has 15 heavy (non-hydrogen) atoms. The van der Waals surface area contributed by atoms with Gasteiger partial charge < -0.3 is 5.73 Å². The number of nitrogens with two attached hydrogens (primary N) is 1. The second-order valence-corrected chi connectivity index (χ2v) is 4.51. The predicted molar refractivity (Wildman–Crippen MR) is 63.9 cm³/mol. The molecule has 0 unspecified atom stereocenters. The molecule has 0 bridgehead atoms. The summed E-state index contributed by atoms with van der Waals surface area (Å²) in [6.07, 6.45) is 0.807. The second kappa shape index (κ2) is 3.98. The molecule has 2 heterocycles. The van der Waals surface area contributed by atoms with Crippen LogP contribution in [0.25, 0.3) is 11.3 Å². The standard InChI is InChI=1S/C11H13N3S/c1-3-11-13-9(5-10(12)14-11)8-4-7(2)15-6-8/h4-6H,3H2,1-2H3,(H2,12,13,14). The number of aromatic nitrogens is 2. The number of aryl methyl sites for hydroxylation is 2. The molecule has 0 fully saturated rings. The third-order valence-electron chi connectivity index (χ3n) is 2.13. The summed E-state index contributed by atoms with van der Waals surface area (Å²) in [5.74, 6) is 1.34. The Hall–Kier alpha value is -1.42. The number of hydrogen-bond donors (Lipinski definition) is 1. The Balaban J connectivity index is 2.48. The highest BCUT2D eigenvalue weighted by Crippen LogP contribution is 2.24. The molecular weight excluding hydrogens is 206 g/mol. The van der Waals surface area contributed by atoms with Crippen LogP contribution >= 0.6 is 11.3 Å². The molecule has 0 saturated carbocycles. The lowest BCUT2D eigenvalue weighted by Gasteiger charge is -2.02. The third kappa shape index (κ3) is 2.15. The molecule has 0 aliphatic carbocycles. The van der Waals surface area contributed by atoms with Crippen LogP contribution in [-0.2, 0) is 6.42 Å². The predicted octanol–water partition coefficient (Wildman–Crippen LogP) is 2.66. The summed E-state index contributed by atoms with van der Waals surface area (Å²) in [4.78, 5) is 9.88. The molecule has 0 spiro atoms. The quantitative estimate of drug-likeness (QED) is 0.844. The molecule has 0 aliphatic heterocycles. The molecular formula is C11H13N3S. The highest BCUT2D eigenvalue weighted by Gasteiger charge is 2.05. The van der Waals surface area contributed by atoms with Crippen molar-refractivity contribution in [2.24, 2.45) is 0 Å². The molecule has 0 saturated heterocycles. The van der Waals surface area contributed by atoms with E-state index in [2.05, 4.69) is 28.3 Å². The van der Waals surface area contributed by atoms with E-state index in [1.54, 1.807) is 11.3 Å². The molecule has 78 valence electrons. The highest BCUT2D eigenvalue weighted by molar-refractivity contribution is 7.10. The summed E-state index contributed by atoms with van der Waals surface area (Å²) >= 11 is 1.72. The van der Waals surface area contributed by atoms with Crippen LogP contribution in [0.15, 0.2) is 17.5 Å². The maximum Gasteiger partial charge on any atom is 0.131 e. The Morgan fingerprint density at radius 1 is 1.33 bits per heavy atom. The molecule has 2 aromatic heterocycles. The summed E-state index contributed by atoms with van der Waals surface area (Å²) in [6, 6.07) is 3.94. The monoisotopic (exact) mass is 219 g/mol. The van der Waals surface area contributed by atoms with Gasteiger partial charge in [0.2, 0.25) is 0 Å². The summed E-state index contributed by atoms with van der Waals surface area (Å²) in [5, 5.41) is 2.09.